The summed E-state index contributed by atoms with van der Waals surface area (Å²) in [5, 5.41) is 4.17. The summed E-state index contributed by atoms with van der Waals surface area (Å²) < 4.78 is 6.73. The lowest BCUT2D eigenvalue weighted by atomic mass is 10.0. The highest BCUT2D eigenvalue weighted by Crippen LogP contribution is 2.30. The van der Waals surface area contributed by atoms with Gasteiger partial charge in [-0.1, -0.05) is 72.8 Å². The first-order chi connectivity index (χ1) is 19.9. The maximum absolute atomic E-state index is 13.4. The van der Waals surface area contributed by atoms with Crippen molar-refractivity contribution in [2.75, 3.05) is 13.2 Å². The van der Waals surface area contributed by atoms with E-state index in [-0.39, 0.29) is 42.3 Å². The Kier molecular flexibility index (Phi) is 8.25. The molecule has 0 aliphatic carbocycles. The number of pyridine rings is 1. The minimum absolute atomic E-state index is 0.0279. The number of hydrogen-bond acceptors (Lipinski definition) is 6. The van der Waals surface area contributed by atoms with Crippen molar-refractivity contribution < 1.29 is 23.9 Å². The molecule has 11 heteroatoms. The number of rotatable bonds is 11. The second kappa shape index (κ2) is 12.2. The van der Waals surface area contributed by atoms with Crippen LogP contribution < -0.4 is 20.2 Å². The van der Waals surface area contributed by atoms with Crippen molar-refractivity contribution in [1.29, 1.82) is 0 Å². The summed E-state index contributed by atoms with van der Waals surface area (Å²) in [5.41, 5.74) is 2.71. The van der Waals surface area contributed by atoms with Crippen LogP contribution >= 0.6 is 0 Å². The van der Waals surface area contributed by atoms with Crippen LogP contribution in [0.1, 0.15) is 29.8 Å². The Balaban J connectivity index is 1.39. The molecule has 1 aromatic heterocycles. The van der Waals surface area contributed by atoms with Gasteiger partial charge in [0.05, 0.1) is 37.6 Å². The molecule has 1 fully saturated rings. The molecule has 1 N–H and O–H groups in total. The first kappa shape index (κ1) is 27.8. The Morgan fingerprint density at radius 2 is 1.78 bits per heavy atom. The van der Waals surface area contributed by atoms with Crippen LogP contribution in [-0.2, 0) is 16.2 Å². The number of hydroxylamine groups is 2. The van der Waals surface area contributed by atoms with E-state index in [4.69, 9.17) is 14.3 Å². The molecule has 10 nitrogen and oxygen atoms in total. The third-order valence-corrected chi connectivity index (χ3v) is 7.11. The highest BCUT2D eigenvalue weighted by Gasteiger charge is 2.47. The molecule has 0 spiro atoms. The second-order valence-electron chi connectivity index (χ2n) is 9.76. The van der Waals surface area contributed by atoms with Crippen LogP contribution in [-0.4, -0.2) is 59.9 Å². The maximum atomic E-state index is 13.4. The van der Waals surface area contributed by atoms with Gasteiger partial charge in [-0.3, -0.25) is 14.4 Å². The fourth-order valence-electron chi connectivity index (χ4n) is 4.99. The van der Waals surface area contributed by atoms with Crippen molar-refractivity contribution in [3.05, 3.63) is 124 Å². The zero-order valence-corrected chi connectivity index (χ0v) is 22.9. The smallest absolute Gasteiger partial charge is 0.345 e. The monoisotopic (exact) mass is 554 g/mol. The van der Waals surface area contributed by atoms with Gasteiger partial charge < -0.3 is 19.7 Å². The molecular formula is C30H31BN4O6. The van der Waals surface area contributed by atoms with Gasteiger partial charge >= 0.3 is 14.1 Å². The Hall–Kier alpha value is -4.77. The number of urea groups is 1. The number of nitrogens with one attached hydrogen (secondary N) is 1. The SMILES string of the molecule is BOc1cn(OC(c2ccccc2)c2ccccc2)c(CNC(=O)[C@@H]2C=C(C)C3CN2C(=O)N3OCC=C)cc1=O. The largest absolute Gasteiger partial charge is 0.564 e. The lowest BCUT2D eigenvalue weighted by Crippen LogP contribution is -2.48. The molecule has 2 aliphatic rings. The van der Waals surface area contributed by atoms with E-state index in [0.29, 0.717) is 12.2 Å². The Labute approximate surface area is 238 Å². The zero-order chi connectivity index (χ0) is 28.9. The van der Waals surface area contributed by atoms with Crippen LogP contribution in [0.15, 0.2) is 102 Å². The standard InChI is InChI=1S/C30H31BN4O6/c1-3-14-39-35-25-18-33(30(35)38)24(15-20(25)2)29(37)32-17-23-16-26(36)27(40-31)19-34(23)41-28(21-10-6-4-7-11-21)22-12-8-5-9-13-22/h3-13,15-16,19,24-25,28H,1,14,17-18,31H2,2H3,(H,32,37)/t24-,25?/m0/s1. The lowest BCUT2D eigenvalue weighted by Gasteiger charge is -2.28. The van der Waals surface area contributed by atoms with Crippen LogP contribution in [0.3, 0.4) is 0 Å². The lowest BCUT2D eigenvalue weighted by molar-refractivity contribution is -0.124. The summed E-state index contributed by atoms with van der Waals surface area (Å²) in [5.74, 6) is -0.293. The molecule has 41 heavy (non-hydrogen) atoms. The van der Waals surface area contributed by atoms with E-state index in [0.717, 1.165) is 16.7 Å². The molecule has 210 valence electrons. The van der Waals surface area contributed by atoms with Crippen molar-refractivity contribution in [3.63, 3.8) is 0 Å². The van der Waals surface area contributed by atoms with E-state index in [1.165, 1.54) is 35.0 Å². The van der Waals surface area contributed by atoms with Crippen LogP contribution in [0.4, 0.5) is 4.79 Å². The normalized spacial score (nSPS) is 17.8. The average Bonchev–Trinajstić information content (AvgIpc) is 3.28. The van der Waals surface area contributed by atoms with Crippen molar-refractivity contribution >= 4 is 20.0 Å². The van der Waals surface area contributed by atoms with E-state index in [1.54, 1.807) is 12.2 Å². The number of amides is 3. The summed E-state index contributed by atoms with van der Waals surface area (Å²) in [4.78, 5) is 52.6. The van der Waals surface area contributed by atoms with E-state index in [9.17, 15) is 14.4 Å². The van der Waals surface area contributed by atoms with Crippen LogP contribution in [0.25, 0.3) is 0 Å². The minimum atomic E-state index is -0.822. The van der Waals surface area contributed by atoms with Gasteiger partial charge in [0.2, 0.25) is 11.3 Å². The predicted molar refractivity (Wildman–Crippen MR) is 154 cm³/mol. The van der Waals surface area contributed by atoms with E-state index in [2.05, 4.69) is 11.9 Å². The zero-order valence-electron chi connectivity index (χ0n) is 22.9. The van der Waals surface area contributed by atoms with E-state index in [1.807, 2.05) is 67.6 Å². The predicted octanol–water partition coefficient (Wildman–Crippen LogP) is 2.16. The topological polar surface area (TPSA) is 102 Å². The Bertz CT molecular complexity index is 1470. The quantitative estimate of drug-likeness (QED) is 0.288. The molecule has 2 aromatic carbocycles. The summed E-state index contributed by atoms with van der Waals surface area (Å²) in [6.07, 6.45) is 4.28. The molecule has 0 saturated carbocycles. The molecule has 3 amide bonds. The average molecular weight is 554 g/mol. The molecule has 1 unspecified atom stereocenters. The van der Waals surface area contributed by atoms with Gasteiger partial charge in [-0.25, -0.2) is 4.79 Å². The number of aromatic nitrogens is 1. The number of carbonyl (C=O) groups excluding carboxylic acids is 2. The molecule has 1 saturated heterocycles. The fraction of sp³-hybridized carbons (Fsp3) is 0.233. The third-order valence-electron chi connectivity index (χ3n) is 7.11. The van der Waals surface area contributed by atoms with E-state index >= 15 is 0 Å². The van der Waals surface area contributed by atoms with Crippen molar-refractivity contribution in [1.82, 2.24) is 20.0 Å². The molecule has 5 rings (SSSR count). The molecule has 3 heterocycles. The molecule has 3 aromatic rings. The molecule has 0 radical (unpaired) electrons. The highest BCUT2D eigenvalue weighted by molar-refractivity contribution is 5.99. The van der Waals surface area contributed by atoms with Gasteiger partial charge in [0, 0.05) is 6.07 Å². The molecule has 2 bridgehead atoms. The Morgan fingerprint density at radius 3 is 2.39 bits per heavy atom. The van der Waals surface area contributed by atoms with Gasteiger partial charge in [0.1, 0.15) is 6.04 Å². The van der Waals surface area contributed by atoms with Gasteiger partial charge in [0.25, 0.3) is 0 Å². The number of hydrogen-bond donors (Lipinski definition) is 1. The van der Waals surface area contributed by atoms with Crippen molar-refractivity contribution in [3.8, 4) is 5.75 Å². The minimum Gasteiger partial charge on any atom is -0.564 e. The van der Waals surface area contributed by atoms with Crippen LogP contribution in [0.5, 0.6) is 5.75 Å². The maximum Gasteiger partial charge on any atom is 0.345 e. The van der Waals surface area contributed by atoms with Gasteiger partial charge in [-0.2, -0.15) is 9.79 Å². The van der Waals surface area contributed by atoms with Crippen molar-refractivity contribution in [2.45, 2.75) is 31.7 Å². The summed E-state index contributed by atoms with van der Waals surface area (Å²) in [6.45, 7) is 5.99. The number of fused-ring (bicyclic) bond motifs is 2. The summed E-state index contributed by atoms with van der Waals surface area (Å²) in [7, 11) is 1.41. The first-order valence-electron chi connectivity index (χ1n) is 13.3. The summed E-state index contributed by atoms with van der Waals surface area (Å²) in [6, 6.07) is 19.3. The van der Waals surface area contributed by atoms with Gasteiger partial charge in [-0.15, -0.1) is 6.58 Å². The second-order valence-corrected chi connectivity index (χ2v) is 9.76. The highest BCUT2D eigenvalue weighted by atomic mass is 16.7. The van der Waals surface area contributed by atoms with Crippen LogP contribution in [0.2, 0.25) is 0 Å². The number of nitrogens with zero attached hydrogens (tertiary/aromatic N) is 3. The molecule has 2 atom stereocenters. The molecule has 2 aliphatic heterocycles. The molecular weight excluding hydrogens is 523 g/mol. The van der Waals surface area contributed by atoms with E-state index < -0.39 is 12.1 Å². The number of carbonyl (C=O) groups is 2. The fourth-order valence-corrected chi connectivity index (χ4v) is 4.99. The summed E-state index contributed by atoms with van der Waals surface area (Å²) >= 11 is 0. The third kappa shape index (κ3) is 5.76. The number of benzene rings is 2. The van der Waals surface area contributed by atoms with Gasteiger partial charge in [-0.05, 0) is 23.6 Å². The van der Waals surface area contributed by atoms with Gasteiger partial charge in [0.15, 0.2) is 11.9 Å². The van der Waals surface area contributed by atoms with Crippen molar-refractivity contribution in [2.24, 2.45) is 0 Å². The first-order valence-corrected chi connectivity index (χ1v) is 13.3. The van der Waals surface area contributed by atoms with Crippen LogP contribution in [0, 0.1) is 0 Å². The Morgan fingerprint density at radius 1 is 1.12 bits per heavy atom.